The van der Waals surface area contributed by atoms with Crippen LogP contribution in [0.1, 0.15) is 95.1 Å². The predicted octanol–water partition coefficient (Wildman–Crippen LogP) is 1.84. The summed E-state index contributed by atoms with van der Waals surface area (Å²) in [7, 11) is 0. The van der Waals surface area contributed by atoms with Gasteiger partial charge in [-0.2, -0.15) is 0 Å². The van der Waals surface area contributed by atoms with Gasteiger partial charge in [-0.25, -0.2) is 14.4 Å². The Morgan fingerprint density at radius 2 is 1.29 bits per heavy atom. The molecule has 1 aromatic carbocycles. The highest BCUT2D eigenvalue weighted by Gasteiger charge is 2.92. The number of ether oxygens (including phenoxy) is 10. The zero-order valence-corrected chi connectivity index (χ0v) is 37.6. The fourth-order valence-electron chi connectivity index (χ4n) is 10.1. The lowest BCUT2D eigenvalue weighted by Crippen LogP contribution is -2.89. The number of nitrogens with zero attached hydrogens (tertiary/aromatic N) is 1. The second-order valence-electron chi connectivity index (χ2n) is 17.3. The van der Waals surface area contributed by atoms with Gasteiger partial charge in [0.15, 0.2) is 30.0 Å². The number of hydrogen-bond acceptors (Lipinski definition) is 21. The van der Waals surface area contributed by atoms with Crippen LogP contribution in [0.5, 0.6) is 0 Å². The average molecular weight is 926 g/mol. The Kier molecular flexibility index (Phi) is 13.4. The quantitative estimate of drug-likeness (QED) is 0.277. The van der Waals surface area contributed by atoms with Crippen LogP contribution < -0.4 is 0 Å². The highest BCUT2D eigenvalue weighted by molar-refractivity contribution is 5.93. The molecule has 2 aliphatic carbocycles. The number of aryl methyl sites for hydroxylation is 1. The molecule has 356 valence electrons. The molecule has 12 unspecified atom stereocenters. The number of esters is 9. The first-order valence-electron chi connectivity index (χ1n) is 20.9. The van der Waals surface area contributed by atoms with Crippen molar-refractivity contribution in [2.75, 3.05) is 13.2 Å². The molecule has 4 bridgehead atoms. The number of carbonyl (C=O) groups is 9. The third kappa shape index (κ3) is 8.44. The Balaban J connectivity index is 1.76. The minimum absolute atomic E-state index is 0.00555. The number of aliphatic hydroxyl groups is 1. The second kappa shape index (κ2) is 18.1. The van der Waals surface area contributed by atoms with Gasteiger partial charge < -0.3 is 52.5 Å². The van der Waals surface area contributed by atoms with Crippen LogP contribution in [0, 0.1) is 11.3 Å². The van der Waals surface area contributed by atoms with Gasteiger partial charge in [0.2, 0.25) is 5.60 Å². The van der Waals surface area contributed by atoms with Crippen LogP contribution in [0.2, 0.25) is 0 Å². The van der Waals surface area contributed by atoms with Crippen LogP contribution in [0.3, 0.4) is 0 Å². The van der Waals surface area contributed by atoms with E-state index in [9.17, 15) is 43.5 Å². The van der Waals surface area contributed by atoms with Gasteiger partial charge in [-0.1, -0.05) is 18.2 Å². The maximum Gasteiger partial charge on any atom is 0.350 e. The number of carbonyl (C=O) groups excluding carboxylic acids is 9. The number of cyclic esters (lactones) is 1. The monoisotopic (exact) mass is 925 g/mol. The van der Waals surface area contributed by atoms with Crippen molar-refractivity contribution in [2.24, 2.45) is 11.3 Å². The van der Waals surface area contributed by atoms with Crippen LogP contribution in [0.25, 0.3) is 0 Å². The molecule has 3 fully saturated rings. The molecule has 1 spiro atoms. The van der Waals surface area contributed by atoms with E-state index >= 15 is 4.79 Å². The first-order valence-corrected chi connectivity index (χ1v) is 20.9. The Morgan fingerprint density at radius 1 is 0.727 bits per heavy atom. The molecule has 1 aromatic heterocycles. The van der Waals surface area contributed by atoms with E-state index in [-0.39, 0.29) is 23.2 Å². The topological polar surface area (TPSA) is 279 Å². The zero-order valence-electron chi connectivity index (χ0n) is 37.6. The predicted molar refractivity (Wildman–Crippen MR) is 216 cm³/mol. The van der Waals surface area contributed by atoms with E-state index in [2.05, 4.69) is 4.98 Å². The van der Waals surface area contributed by atoms with E-state index in [1.807, 2.05) is 0 Å². The van der Waals surface area contributed by atoms with Crippen LogP contribution in [-0.2, 0) is 87.4 Å². The van der Waals surface area contributed by atoms with Crippen LogP contribution >= 0.6 is 0 Å². The minimum atomic E-state index is -3.01. The van der Waals surface area contributed by atoms with Gasteiger partial charge in [-0.15, -0.1) is 0 Å². The van der Waals surface area contributed by atoms with E-state index in [4.69, 9.17) is 47.4 Å². The summed E-state index contributed by atoms with van der Waals surface area (Å²) in [6, 6.07) is 10.4. The summed E-state index contributed by atoms with van der Waals surface area (Å²) in [6.07, 6.45) is -12.1. The molecular weight excluding hydrogens is 874 g/mol. The standard InChI is InChI=1S/C45H51NO20/c1-22(47)57-21-44-36(62-26(5)51)32(59-23(2)48)31-34(61-25(4)50)45(44)43(9,56)35(33(60-24(3)49)37(44)63-27(6)52)64-40(55)41(7,65-38(53)28-14-11-10-12-15-28)18-17-30-29(16-13-19-46-30)39(54)58-20-42(31,8)66-45/h10-16,19,31-37,56H,17-18,20-21H2,1-9H3. The van der Waals surface area contributed by atoms with Crippen molar-refractivity contribution in [3.8, 4) is 0 Å². The van der Waals surface area contributed by atoms with E-state index in [1.54, 1.807) is 18.2 Å². The molecule has 21 nitrogen and oxygen atoms in total. The van der Waals surface area contributed by atoms with Crippen molar-refractivity contribution in [2.45, 2.75) is 134 Å². The molecule has 6 rings (SSSR count). The number of benzene rings is 1. The summed E-state index contributed by atoms with van der Waals surface area (Å²) >= 11 is 0. The maximum atomic E-state index is 15.1. The fourth-order valence-corrected chi connectivity index (χ4v) is 10.1. The van der Waals surface area contributed by atoms with Gasteiger partial charge in [0.05, 0.1) is 22.7 Å². The van der Waals surface area contributed by atoms with E-state index in [0.717, 1.165) is 48.5 Å². The lowest BCUT2D eigenvalue weighted by molar-refractivity contribution is -0.387. The largest absolute Gasteiger partial charge is 0.465 e. The summed E-state index contributed by atoms with van der Waals surface area (Å²) in [6.45, 7) is 7.32. The molecular formula is C45H51NO20. The van der Waals surface area contributed by atoms with Gasteiger partial charge in [0.1, 0.15) is 42.0 Å². The molecule has 12 atom stereocenters. The molecule has 2 aliphatic heterocycles. The molecule has 66 heavy (non-hydrogen) atoms. The van der Waals surface area contributed by atoms with Crippen molar-refractivity contribution in [3.05, 3.63) is 65.5 Å². The van der Waals surface area contributed by atoms with Crippen molar-refractivity contribution in [3.63, 3.8) is 0 Å². The number of fused-ring (bicyclic) bond motifs is 5. The Morgan fingerprint density at radius 3 is 1.86 bits per heavy atom. The second-order valence-corrected chi connectivity index (χ2v) is 17.3. The molecule has 2 aromatic rings. The van der Waals surface area contributed by atoms with Crippen LogP contribution in [0.15, 0.2) is 48.7 Å². The average Bonchev–Trinajstić information content (AvgIpc) is 3.44. The van der Waals surface area contributed by atoms with Crippen molar-refractivity contribution < 1.29 is 95.6 Å². The van der Waals surface area contributed by atoms with Gasteiger partial charge >= 0.3 is 53.7 Å². The summed E-state index contributed by atoms with van der Waals surface area (Å²) in [5.74, 6) is -11.6. The van der Waals surface area contributed by atoms with E-state index in [1.165, 1.54) is 44.3 Å². The van der Waals surface area contributed by atoms with Crippen LogP contribution in [0.4, 0.5) is 0 Å². The number of aromatic nitrogens is 1. The highest BCUT2D eigenvalue weighted by atomic mass is 16.7. The summed E-state index contributed by atoms with van der Waals surface area (Å²) in [5.41, 5.74) is -13.2. The van der Waals surface area contributed by atoms with E-state index in [0.29, 0.717) is 0 Å². The Labute approximate surface area is 377 Å². The van der Waals surface area contributed by atoms with Gasteiger partial charge in [0, 0.05) is 54.2 Å². The third-order valence-corrected chi connectivity index (χ3v) is 12.5. The summed E-state index contributed by atoms with van der Waals surface area (Å²) in [5, 5.41) is 13.7. The fraction of sp³-hybridized carbons (Fsp3) is 0.556. The molecule has 3 heterocycles. The van der Waals surface area contributed by atoms with Gasteiger partial charge in [-0.05, 0) is 51.5 Å². The van der Waals surface area contributed by atoms with Gasteiger partial charge in [0.25, 0.3) is 0 Å². The lowest BCUT2D eigenvalue weighted by atomic mass is 9.45. The molecule has 2 saturated carbocycles. The molecule has 0 radical (unpaired) electrons. The molecule has 0 amide bonds. The number of rotatable bonds is 9. The summed E-state index contributed by atoms with van der Waals surface area (Å²) in [4.78, 5) is 127. The first-order chi connectivity index (χ1) is 30.8. The minimum Gasteiger partial charge on any atom is -0.465 e. The number of pyridine rings is 1. The molecule has 1 saturated heterocycles. The third-order valence-electron chi connectivity index (χ3n) is 12.5. The smallest absolute Gasteiger partial charge is 0.350 e. The molecule has 4 aliphatic rings. The van der Waals surface area contributed by atoms with Crippen molar-refractivity contribution in [1.29, 1.82) is 0 Å². The Bertz CT molecular complexity index is 2310. The van der Waals surface area contributed by atoms with Gasteiger partial charge in [-0.3, -0.25) is 33.8 Å². The SMILES string of the molecule is CC(=O)OCC12C(OC(C)=O)C(OC(C)=O)C3C(OC(C)=O)C14OC3(C)COC(=O)c1cccnc1CCC(C)(OC(=O)c1ccccc1)C(=O)OC(C(OC(C)=O)C2OC(C)=O)C4(C)O. The maximum absolute atomic E-state index is 15.1. The highest BCUT2D eigenvalue weighted by Crippen LogP contribution is 2.70. The normalized spacial score (nSPS) is 34.6. The Hall–Kier alpha value is -6.48. The summed E-state index contributed by atoms with van der Waals surface area (Å²) < 4.78 is 60.7. The number of hydrogen-bond donors (Lipinski definition) is 1. The zero-order chi connectivity index (χ0) is 48.7. The van der Waals surface area contributed by atoms with Crippen molar-refractivity contribution >= 4 is 53.7 Å². The molecule has 21 heteroatoms. The van der Waals surface area contributed by atoms with E-state index < -0.39 is 144 Å². The lowest BCUT2D eigenvalue weighted by Gasteiger charge is -2.67. The molecule has 1 N–H and O–H groups in total. The van der Waals surface area contributed by atoms with Crippen molar-refractivity contribution in [1.82, 2.24) is 4.98 Å². The van der Waals surface area contributed by atoms with Crippen LogP contribution in [-0.4, -0.2) is 136 Å². The first kappa shape index (κ1) is 49.0.